The van der Waals surface area contributed by atoms with Gasteiger partial charge in [-0.1, -0.05) is 17.7 Å². The predicted molar refractivity (Wildman–Crippen MR) is 129 cm³/mol. The standard InChI is InChI=1S/C25H15ClF4N4O4/c26-17-3-1-2-16(25(28,29)30)20(17)22(35)34-19-11-13(33-9-8-31-24(33)38)5-7-15(19)21(32-34)14-6-4-12(23(36)37)10-18(14)27/h1-7,10-11H,8-9H2,(H,31,38)(H,36,37). The summed E-state index contributed by atoms with van der Waals surface area (Å²) < 4.78 is 57.0. The fourth-order valence-corrected chi connectivity index (χ4v) is 4.52. The van der Waals surface area contributed by atoms with Gasteiger partial charge in [-0.05, 0) is 48.5 Å². The number of rotatable bonds is 4. The van der Waals surface area contributed by atoms with E-state index in [0.717, 1.165) is 30.3 Å². The lowest BCUT2D eigenvalue weighted by Gasteiger charge is -2.15. The first-order valence-corrected chi connectivity index (χ1v) is 11.4. The molecule has 1 saturated heterocycles. The molecule has 2 N–H and O–H groups in total. The summed E-state index contributed by atoms with van der Waals surface area (Å²) in [7, 11) is 0. The first-order valence-electron chi connectivity index (χ1n) is 11.0. The summed E-state index contributed by atoms with van der Waals surface area (Å²) in [6.07, 6.45) is -4.92. The van der Waals surface area contributed by atoms with Crippen LogP contribution in [0.1, 0.15) is 26.3 Å². The van der Waals surface area contributed by atoms with Crippen LogP contribution in [0.4, 0.5) is 28.0 Å². The van der Waals surface area contributed by atoms with Crippen LogP contribution in [0.3, 0.4) is 0 Å². The Hall–Kier alpha value is -4.45. The van der Waals surface area contributed by atoms with Crippen molar-refractivity contribution >= 4 is 46.1 Å². The number of anilines is 1. The third-order valence-corrected chi connectivity index (χ3v) is 6.34. The van der Waals surface area contributed by atoms with Gasteiger partial charge in [0.05, 0.1) is 27.2 Å². The van der Waals surface area contributed by atoms with Gasteiger partial charge in [0.25, 0.3) is 5.91 Å². The average molecular weight is 547 g/mol. The molecule has 3 aromatic carbocycles. The molecule has 8 nitrogen and oxygen atoms in total. The second kappa shape index (κ2) is 9.14. The van der Waals surface area contributed by atoms with E-state index < -0.39 is 46.1 Å². The number of hydrogen-bond donors (Lipinski definition) is 2. The largest absolute Gasteiger partial charge is 0.478 e. The number of carboxylic acid groups (broad SMARTS) is 1. The molecule has 0 atom stereocenters. The zero-order valence-corrected chi connectivity index (χ0v) is 19.8. The van der Waals surface area contributed by atoms with Crippen LogP contribution in [0.25, 0.3) is 22.2 Å². The Labute approximate surface area is 216 Å². The fourth-order valence-electron chi connectivity index (χ4n) is 4.27. The summed E-state index contributed by atoms with van der Waals surface area (Å²) in [5, 5.41) is 15.6. The molecule has 0 bridgehead atoms. The molecule has 0 radical (unpaired) electrons. The molecular formula is C25H15ClF4N4O4. The van der Waals surface area contributed by atoms with Gasteiger partial charge >= 0.3 is 18.2 Å². The number of urea groups is 1. The molecule has 2 amide bonds. The molecule has 1 aromatic heterocycles. The van der Waals surface area contributed by atoms with Crippen LogP contribution >= 0.6 is 11.6 Å². The number of hydrogen-bond acceptors (Lipinski definition) is 4. The van der Waals surface area contributed by atoms with Crippen molar-refractivity contribution in [1.29, 1.82) is 0 Å². The van der Waals surface area contributed by atoms with Gasteiger partial charge in [-0.25, -0.2) is 14.0 Å². The quantitative estimate of drug-likeness (QED) is 0.332. The van der Waals surface area contributed by atoms with Crippen molar-refractivity contribution in [2.45, 2.75) is 6.18 Å². The number of halogens is 5. The Balaban J connectivity index is 1.76. The number of aromatic carboxylic acids is 1. The topological polar surface area (TPSA) is 105 Å². The van der Waals surface area contributed by atoms with Crippen molar-refractivity contribution in [3.05, 3.63) is 82.1 Å². The first-order chi connectivity index (χ1) is 18.0. The summed E-state index contributed by atoms with van der Waals surface area (Å²) >= 11 is 6.04. The Kier molecular flexibility index (Phi) is 6.06. The molecule has 13 heteroatoms. The normalized spacial score (nSPS) is 13.7. The Morgan fingerprint density at radius 2 is 1.84 bits per heavy atom. The van der Waals surface area contributed by atoms with Crippen LogP contribution in [-0.4, -0.2) is 45.9 Å². The molecule has 0 unspecified atom stereocenters. The second-order valence-electron chi connectivity index (χ2n) is 8.31. The minimum Gasteiger partial charge on any atom is -0.478 e. The summed E-state index contributed by atoms with van der Waals surface area (Å²) in [5.41, 5.74) is -2.48. The Morgan fingerprint density at radius 3 is 2.47 bits per heavy atom. The van der Waals surface area contributed by atoms with Crippen LogP contribution in [0, 0.1) is 5.82 Å². The first kappa shape index (κ1) is 25.2. The third-order valence-electron chi connectivity index (χ3n) is 6.03. The van der Waals surface area contributed by atoms with E-state index in [9.17, 15) is 31.9 Å². The number of benzene rings is 3. The highest BCUT2D eigenvalue weighted by atomic mass is 35.5. The van der Waals surface area contributed by atoms with Gasteiger partial charge in [-0.2, -0.15) is 23.0 Å². The molecule has 1 aliphatic heterocycles. The van der Waals surface area contributed by atoms with Crippen molar-refractivity contribution in [1.82, 2.24) is 15.1 Å². The smallest absolute Gasteiger partial charge is 0.417 e. The van der Waals surface area contributed by atoms with E-state index in [1.807, 2.05) is 0 Å². The van der Waals surface area contributed by atoms with Gasteiger partial charge < -0.3 is 10.4 Å². The lowest BCUT2D eigenvalue weighted by atomic mass is 10.0. The molecule has 4 aromatic rings. The minimum atomic E-state index is -4.92. The van der Waals surface area contributed by atoms with Crippen molar-refractivity contribution in [3.8, 4) is 11.3 Å². The molecule has 38 heavy (non-hydrogen) atoms. The SMILES string of the molecule is O=C(O)c1ccc(-c2nn(C(=O)c3c(Cl)cccc3C(F)(F)F)c3cc(N4CCNC4=O)ccc23)c(F)c1. The summed E-state index contributed by atoms with van der Waals surface area (Å²) in [4.78, 5) is 38.4. The third kappa shape index (κ3) is 4.22. The van der Waals surface area contributed by atoms with Crippen molar-refractivity contribution in [2.24, 2.45) is 0 Å². The lowest BCUT2D eigenvalue weighted by molar-refractivity contribution is -0.137. The summed E-state index contributed by atoms with van der Waals surface area (Å²) in [6, 6.07) is 9.86. The van der Waals surface area contributed by atoms with Gasteiger partial charge in [-0.3, -0.25) is 9.69 Å². The van der Waals surface area contributed by atoms with E-state index in [4.69, 9.17) is 16.7 Å². The zero-order chi connectivity index (χ0) is 27.4. The van der Waals surface area contributed by atoms with Gasteiger partial charge in [-0.15, -0.1) is 0 Å². The number of carbonyl (C=O) groups is 3. The molecule has 0 aliphatic carbocycles. The van der Waals surface area contributed by atoms with Gasteiger partial charge in [0.1, 0.15) is 11.5 Å². The number of carboxylic acids is 1. The van der Waals surface area contributed by atoms with Crippen LogP contribution < -0.4 is 10.2 Å². The van der Waals surface area contributed by atoms with Gasteiger partial charge in [0.15, 0.2) is 0 Å². The van der Waals surface area contributed by atoms with Gasteiger partial charge in [0.2, 0.25) is 0 Å². The molecule has 2 heterocycles. The number of aromatic nitrogens is 2. The number of fused-ring (bicyclic) bond motifs is 1. The van der Waals surface area contributed by atoms with Crippen molar-refractivity contribution in [3.63, 3.8) is 0 Å². The molecular weight excluding hydrogens is 532 g/mol. The van der Waals surface area contributed by atoms with E-state index >= 15 is 0 Å². The predicted octanol–water partition coefficient (Wildman–Crippen LogP) is 5.43. The minimum absolute atomic E-state index is 0.0167. The van der Waals surface area contributed by atoms with E-state index in [1.54, 1.807) is 0 Å². The van der Waals surface area contributed by atoms with E-state index in [-0.39, 0.29) is 27.7 Å². The van der Waals surface area contributed by atoms with Crippen LogP contribution in [0.15, 0.2) is 54.6 Å². The van der Waals surface area contributed by atoms with Crippen molar-refractivity contribution in [2.75, 3.05) is 18.0 Å². The van der Waals surface area contributed by atoms with Crippen LogP contribution in [0.2, 0.25) is 5.02 Å². The lowest BCUT2D eigenvalue weighted by Crippen LogP contribution is -2.27. The molecule has 1 aliphatic rings. The van der Waals surface area contributed by atoms with Crippen LogP contribution in [-0.2, 0) is 6.18 Å². The van der Waals surface area contributed by atoms with E-state index in [0.29, 0.717) is 29.5 Å². The highest BCUT2D eigenvalue weighted by molar-refractivity contribution is 6.34. The van der Waals surface area contributed by atoms with E-state index in [1.165, 1.54) is 23.1 Å². The molecule has 5 rings (SSSR count). The molecule has 194 valence electrons. The number of nitrogens with one attached hydrogen (secondary N) is 1. The second-order valence-corrected chi connectivity index (χ2v) is 8.72. The zero-order valence-electron chi connectivity index (χ0n) is 19.0. The monoisotopic (exact) mass is 546 g/mol. The maximum Gasteiger partial charge on any atom is 0.417 e. The highest BCUT2D eigenvalue weighted by Crippen LogP contribution is 2.38. The summed E-state index contributed by atoms with van der Waals surface area (Å²) in [6.45, 7) is 0.656. The Bertz CT molecular complexity index is 1650. The number of alkyl halides is 3. The fraction of sp³-hybridized carbons (Fsp3) is 0.120. The number of nitrogens with zero attached hydrogens (tertiary/aromatic N) is 3. The molecule has 1 fully saturated rings. The van der Waals surface area contributed by atoms with Crippen LogP contribution in [0.5, 0.6) is 0 Å². The van der Waals surface area contributed by atoms with E-state index in [2.05, 4.69) is 10.4 Å². The maximum atomic E-state index is 15.0. The average Bonchev–Trinajstić information content (AvgIpc) is 3.46. The summed E-state index contributed by atoms with van der Waals surface area (Å²) in [5.74, 6) is -3.57. The number of carbonyl (C=O) groups excluding carboxylic acids is 2. The van der Waals surface area contributed by atoms with Gasteiger partial charge in [0, 0.05) is 29.7 Å². The number of amides is 2. The molecule has 0 saturated carbocycles. The highest BCUT2D eigenvalue weighted by Gasteiger charge is 2.37. The van der Waals surface area contributed by atoms with Crippen molar-refractivity contribution < 1.29 is 37.1 Å². The molecule has 0 spiro atoms. The maximum absolute atomic E-state index is 15.0. The Morgan fingerprint density at radius 1 is 1.08 bits per heavy atom.